The number of halogens is 4. The van der Waals surface area contributed by atoms with E-state index in [0.29, 0.717) is 21.0 Å². The first kappa shape index (κ1) is 18.5. The van der Waals surface area contributed by atoms with Crippen molar-refractivity contribution in [2.24, 2.45) is 0 Å². The second-order valence-corrected chi connectivity index (χ2v) is 8.54. The van der Waals surface area contributed by atoms with Crippen LogP contribution in [-0.4, -0.2) is 34.4 Å². The number of ether oxygens (including phenoxy) is 2. The summed E-state index contributed by atoms with van der Waals surface area (Å²) < 4.78 is 8.89. The molecular weight excluding hydrogens is 453 g/mol. The minimum Gasteiger partial charge on any atom is -0.429 e. The zero-order valence-electron chi connectivity index (χ0n) is 12.7. The number of rotatable bonds is 2. The number of hydrogen-bond acceptors (Lipinski definition) is 5. The Morgan fingerprint density at radius 3 is 2.36 bits per heavy atom. The molecule has 0 amide bonds. The molecule has 0 aliphatic heterocycles. The number of benzene rings is 2. The van der Waals surface area contributed by atoms with E-state index in [9.17, 15) is 4.79 Å². The Morgan fingerprint density at radius 1 is 1.16 bits per heavy atom. The van der Waals surface area contributed by atoms with Crippen LogP contribution < -0.4 is 10.2 Å². The number of aromatic nitrogens is 2. The van der Waals surface area contributed by atoms with Gasteiger partial charge in [-0.3, -0.25) is 0 Å². The molecule has 5 nitrogen and oxygen atoms in total. The van der Waals surface area contributed by atoms with Crippen molar-refractivity contribution in [3.63, 3.8) is 0 Å². The highest BCUT2D eigenvalue weighted by molar-refractivity contribution is 9.10. The zero-order valence-corrected chi connectivity index (χ0v) is 16.6. The van der Waals surface area contributed by atoms with Crippen LogP contribution in [0.25, 0.3) is 22.1 Å². The molecule has 0 saturated heterocycles. The fourth-order valence-electron chi connectivity index (χ4n) is 2.22. The third-order valence-electron chi connectivity index (χ3n) is 3.26. The summed E-state index contributed by atoms with van der Waals surface area (Å²) in [5.41, 5.74) is 3.33. The van der Waals surface area contributed by atoms with E-state index in [0.717, 1.165) is 11.0 Å². The third-order valence-corrected chi connectivity index (χ3v) is 4.17. The lowest BCUT2D eigenvalue weighted by molar-refractivity contribution is 0.101. The molecule has 25 heavy (non-hydrogen) atoms. The molecule has 2 aromatic carbocycles. The van der Waals surface area contributed by atoms with Crippen molar-refractivity contribution >= 4 is 92.3 Å². The van der Waals surface area contributed by atoms with E-state index in [1.807, 2.05) is 32.1 Å². The molecule has 3 aromatic rings. The van der Waals surface area contributed by atoms with Crippen LogP contribution in [0.1, 0.15) is 0 Å². The predicted molar refractivity (Wildman–Crippen MR) is 105 cm³/mol. The maximum absolute atomic E-state index is 11.9. The Kier molecular flexibility index (Phi) is 5.30. The maximum atomic E-state index is 11.9. The van der Waals surface area contributed by atoms with Crippen molar-refractivity contribution in [1.82, 2.24) is 9.97 Å². The Balaban J connectivity index is 2.04. The standard InChI is InChI=1S/C15H9BBrCl3N2O3/c16-7-5-8(17)13(25-14(23)24-6-15(18,19)20)12-11(7)21-9-3-1-2-4-10(9)22-12/h1-5H,6,16H2. The van der Waals surface area contributed by atoms with E-state index >= 15 is 0 Å². The number of nitrogens with zero attached hydrogens (tertiary/aromatic N) is 2. The molecule has 128 valence electrons. The van der Waals surface area contributed by atoms with Gasteiger partial charge < -0.3 is 9.47 Å². The first-order valence-corrected chi connectivity index (χ1v) is 8.94. The molecule has 0 unspecified atom stereocenters. The van der Waals surface area contributed by atoms with Crippen molar-refractivity contribution in [1.29, 1.82) is 0 Å². The van der Waals surface area contributed by atoms with Gasteiger partial charge >= 0.3 is 6.16 Å². The molecule has 10 heteroatoms. The molecular formula is C15H9BBrCl3N2O3. The molecule has 0 saturated carbocycles. The molecule has 0 fully saturated rings. The van der Waals surface area contributed by atoms with E-state index in [2.05, 4.69) is 25.9 Å². The fourth-order valence-corrected chi connectivity index (χ4v) is 3.00. The summed E-state index contributed by atoms with van der Waals surface area (Å²) in [6, 6.07) is 9.19. The van der Waals surface area contributed by atoms with Gasteiger partial charge in [-0.05, 0) is 34.1 Å². The monoisotopic (exact) mass is 460 g/mol. The average molecular weight is 462 g/mol. The van der Waals surface area contributed by atoms with Crippen LogP contribution >= 0.6 is 50.7 Å². The Morgan fingerprint density at radius 2 is 1.76 bits per heavy atom. The Labute approximate surface area is 167 Å². The van der Waals surface area contributed by atoms with Crippen LogP contribution in [0.3, 0.4) is 0 Å². The van der Waals surface area contributed by atoms with Gasteiger partial charge in [-0.15, -0.1) is 0 Å². The van der Waals surface area contributed by atoms with Gasteiger partial charge in [0, 0.05) is 0 Å². The lowest BCUT2D eigenvalue weighted by Gasteiger charge is -2.14. The highest BCUT2D eigenvalue weighted by atomic mass is 79.9. The van der Waals surface area contributed by atoms with Gasteiger partial charge in [-0.25, -0.2) is 14.8 Å². The molecule has 0 bridgehead atoms. The largest absolute Gasteiger partial charge is 0.514 e. The summed E-state index contributed by atoms with van der Waals surface area (Å²) in [4.78, 5) is 21.1. The lowest BCUT2D eigenvalue weighted by atomic mass is 9.94. The number of carbonyl (C=O) groups excluding carboxylic acids is 1. The highest BCUT2D eigenvalue weighted by Crippen LogP contribution is 2.32. The third kappa shape index (κ3) is 4.29. The van der Waals surface area contributed by atoms with E-state index in [-0.39, 0.29) is 5.75 Å². The van der Waals surface area contributed by atoms with Crippen LogP contribution in [0.2, 0.25) is 0 Å². The molecule has 3 rings (SSSR count). The molecule has 0 atom stereocenters. The van der Waals surface area contributed by atoms with Crippen LogP contribution in [0.4, 0.5) is 4.79 Å². The van der Waals surface area contributed by atoms with Crippen LogP contribution in [0.5, 0.6) is 5.75 Å². The van der Waals surface area contributed by atoms with Gasteiger partial charge in [-0.2, -0.15) is 0 Å². The van der Waals surface area contributed by atoms with Gasteiger partial charge in [0.1, 0.15) is 20.0 Å². The summed E-state index contributed by atoms with van der Waals surface area (Å²) >= 11 is 20.1. The zero-order chi connectivity index (χ0) is 18.2. The van der Waals surface area contributed by atoms with E-state index in [4.69, 9.17) is 44.3 Å². The fraction of sp³-hybridized carbons (Fsp3) is 0.133. The number of carbonyl (C=O) groups is 1. The number of hydrogen-bond donors (Lipinski definition) is 0. The van der Waals surface area contributed by atoms with Gasteiger partial charge in [0.25, 0.3) is 0 Å². The van der Waals surface area contributed by atoms with Gasteiger partial charge in [-0.1, -0.05) is 52.4 Å². The smallest absolute Gasteiger partial charge is 0.429 e. The summed E-state index contributed by atoms with van der Waals surface area (Å²) in [6.45, 7) is -0.438. The van der Waals surface area contributed by atoms with Gasteiger partial charge in [0.15, 0.2) is 5.75 Å². The van der Waals surface area contributed by atoms with Gasteiger partial charge in [0.05, 0.1) is 21.0 Å². The Bertz CT molecular complexity index is 982. The normalized spacial score (nSPS) is 11.7. The van der Waals surface area contributed by atoms with Crippen molar-refractivity contribution < 1.29 is 14.3 Å². The topological polar surface area (TPSA) is 61.3 Å². The van der Waals surface area contributed by atoms with Crippen molar-refractivity contribution in [3.05, 3.63) is 34.8 Å². The summed E-state index contributed by atoms with van der Waals surface area (Å²) in [7, 11) is 1.89. The van der Waals surface area contributed by atoms with Crippen molar-refractivity contribution in [2.45, 2.75) is 3.79 Å². The second-order valence-electron chi connectivity index (χ2n) is 5.17. The first-order chi connectivity index (χ1) is 11.7. The lowest BCUT2D eigenvalue weighted by Crippen LogP contribution is -2.20. The average Bonchev–Trinajstić information content (AvgIpc) is 2.55. The molecule has 0 aliphatic rings. The van der Waals surface area contributed by atoms with Crippen LogP contribution in [0.15, 0.2) is 34.8 Å². The second kappa shape index (κ2) is 7.15. The quantitative estimate of drug-likeness (QED) is 0.191. The van der Waals surface area contributed by atoms with Crippen LogP contribution in [0, 0.1) is 0 Å². The van der Waals surface area contributed by atoms with Crippen LogP contribution in [-0.2, 0) is 4.74 Å². The first-order valence-electron chi connectivity index (χ1n) is 7.01. The molecule has 0 spiro atoms. The van der Waals surface area contributed by atoms with Crippen molar-refractivity contribution in [3.8, 4) is 5.75 Å². The molecule has 0 radical (unpaired) electrons. The van der Waals surface area contributed by atoms with Crippen molar-refractivity contribution in [2.75, 3.05) is 6.61 Å². The minimum absolute atomic E-state index is 0.188. The number of para-hydroxylation sites is 2. The Hall–Kier alpha value is -1.28. The predicted octanol–water partition coefficient (Wildman–Crippen LogP) is 3.69. The summed E-state index contributed by atoms with van der Waals surface area (Å²) in [6.07, 6.45) is -1.01. The van der Waals surface area contributed by atoms with E-state index in [1.54, 1.807) is 6.07 Å². The van der Waals surface area contributed by atoms with E-state index < -0.39 is 16.6 Å². The van der Waals surface area contributed by atoms with E-state index in [1.165, 1.54) is 0 Å². The highest BCUT2D eigenvalue weighted by Gasteiger charge is 2.24. The molecule has 0 N–H and O–H groups in total. The molecule has 0 aliphatic carbocycles. The number of fused-ring (bicyclic) bond motifs is 2. The van der Waals surface area contributed by atoms with Gasteiger partial charge in [0.2, 0.25) is 3.79 Å². The minimum atomic E-state index is -1.72. The summed E-state index contributed by atoms with van der Waals surface area (Å²) in [5, 5.41) is 0. The summed E-state index contributed by atoms with van der Waals surface area (Å²) in [5.74, 6) is 0.188. The number of alkyl halides is 3. The molecule has 1 heterocycles. The maximum Gasteiger partial charge on any atom is 0.514 e. The molecule has 1 aromatic heterocycles. The SMILES string of the molecule is Bc1cc(Br)c(OC(=O)OCC(Cl)(Cl)Cl)c2nc3ccccc3nc12.